The molecule has 14 heavy (non-hydrogen) atoms. The molecule has 0 aliphatic carbocycles. The minimum atomic E-state index is -0.265. The van der Waals surface area contributed by atoms with E-state index in [1.807, 2.05) is 6.92 Å². The van der Waals surface area contributed by atoms with Crippen molar-refractivity contribution in [1.82, 2.24) is 0 Å². The van der Waals surface area contributed by atoms with Crippen molar-refractivity contribution in [1.29, 1.82) is 0 Å². The van der Waals surface area contributed by atoms with Crippen LogP contribution in [0.4, 0.5) is 5.69 Å². The molecule has 0 radical (unpaired) electrons. The first-order chi connectivity index (χ1) is 6.66. The summed E-state index contributed by atoms with van der Waals surface area (Å²) in [6.07, 6.45) is 1.57. The monoisotopic (exact) mass is 191 g/mol. The van der Waals surface area contributed by atoms with Gasteiger partial charge >= 0.3 is 0 Å². The van der Waals surface area contributed by atoms with Crippen LogP contribution in [0.5, 0.6) is 0 Å². The zero-order chi connectivity index (χ0) is 10.1. The fourth-order valence-corrected chi connectivity index (χ4v) is 2.12. The maximum Gasteiger partial charge on any atom is 0.0553 e. The van der Waals surface area contributed by atoms with Gasteiger partial charge in [-0.3, -0.25) is 0 Å². The first-order valence-corrected chi connectivity index (χ1v) is 5.22. The van der Waals surface area contributed by atoms with E-state index in [1.165, 1.54) is 16.8 Å². The quantitative estimate of drug-likeness (QED) is 0.749. The van der Waals surface area contributed by atoms with Crippen LogP contribution in [0.3, 0.4) is 0 Å². The Bertz CT molecular complexity index is 333. The first-order valence-electron chi connectivity index (χ1n) is 5.22. The van der Waals surface area contributed by atoms with Crippen molar-refractivity contribution in [2.24, 2.45) is 0 Å². The van der Waals surface area contributed by atoms with E-state index in [0.29, 0.717) is 6.04 Å². The normalized spacial score (nSPS) is 21.5. The Morgan fingerprint density at radius 3 is 3.07 bits per heavy atom. The summed E-state index contributed by atoms with van der Waals surface area (Å²) in [7, 11) is 0. The molecule has 1 aromatic rings. The molecule has 0 spiro atoms. The molecule has 0 bridgehead atoms. The molecule has 2 rings (SSSR count). The molecule has 2 N–H and O–H groups in total. The average molecular weight is 191 g/mol. The molecule has 2 unspecified atom stereocenters. The number of benzene rings is 1. The van der Waals surface area contributed by atoms with Gasteiger partial charge in [0, 0.05) is 18.2 Å². The predicted octanol–water partition coefficient (Wildman–Crippen LogP) is 1.97. The van der Waals surface area contributed by atoms with Crippen LogP contribution in [0.15, 0.2) is 18.2 Å². The van der Waals surface area contributed by atoms with Crippen LogP contribution >= 0.6 is 0 Å². The smallest absolute Gasteiger partial charge is 0.0553 e. The Morgan fingerprint density at radius 1 is 1.57 bits per heavy atom. The highest BCUT2D eigenvalue weighted by Crippen LogP contribution is 2.30. The highest BCUT2D eigenvalue weighted by molar-refractivity contribution is 5.62. The molecular weight excluding hydrogens is 174 g/mol. The molecule has 1 aromatic carbocycles. The molecule has 1 aliphatic rings. The van der Waals surface area contributed by atoms with Crippen molar-refractivity contribution in [2.75, 3.05) is 5.32 Å². The Labute approximate surface area is 85.0 Å². The highest BCUT2D eigenvalue weighted by atomic mass is 16.3. The second-order valence-corrected chi connectivity index (χ2v) is 4.25. The number of hydrogen-bond acceptors (Lipinski definition) is 2. The number of rotatable bonds is 2. The summed E-state index contributed by atoms with van der Waals surface area (Å²) in [5.41, 5.74) is 3.87. The second-order valence-electron chi connectivity index (χ2n) is 4.25. The van der Waals surface area contributed by atoms with Crippen LogP contribution in [0, 0.1) is 0 Å². The van der Waals surface area contributed by atoms with E-state index in [1.54, 1.807) is 0 Å². The predicted molar refractivity (Wildman–Crippen MR) is 58.6 cm³/mol. The summed E-state index contributed by atoms with van der Waals surface area (Å²) in [5.74, 6) is 0. The Balaban J connectivity index is 2.30. The van der Waals surface area contributed by atoms with Crippen molar-refractivity contribution in [3.63, 3.8) is 0 Å². The van der Waals surface area contributed by atoms with Gasteiger partial charge in [0.05, 0.1) is 6.10 Å². The Kier molecular flexibility index (Phi) is 2.46. The summed E-state index contributed by atoms with van der Waals surface area (Å²) < 4.78 is 0. The number of anilines is 1. The summed E-state index contributed by atoms with van der Waals surface area (Å²) in [6.45, 7) is 4.02. The lowest BCUT2D eigenvalue weighted by molar-refractivity contribution is 0.195. The molecule has 2 nitrogen and oxygen atoms in total. The summed E-state index contributed by atoms with van der Waals surface area (Å²) in [5, 5.41) is 12.8. The van der Waals surface area contributed by atoms with Gasteiger partial charge in [-0.05, 0) is 31.4 Å². The topological polar surface area (TPSA) is 32.3 Å². The van der Waals surface area contributed by atoms with Gasteiger partial charge in [0.1, 0.15) is 0 Å². The van der Waals surface area contributed by atoms with Gasteiger partial charge < -0.3 is 10.4 Å². The van der Waals surface area contributed by atoms with Crippen molar-refractivity contribution < 1.29 is 5.11 Å². The minimum Gasteiger partial charge on any atom is -0.393 e. The molecule has 1 aliphatic heterocycles. The van der Waals surface area contributed by atoms with Crippen LogP contribution in [-0.2, 0) is 12.8 Å². The van der Waals surface area contributed by atoms with Crippen LogP contribution in [0.2, 0.25) is 0 Å². The van der Waals surface area contributed by atoms with E-state index < -0.39 is 0 Å². The van der Waals surface area contributed by atoms with E-state index in [9.17, 15) is 5.11 Å². The maximum atomic E-state index is 9.38. The molecule has 0 saturated carbocycles. The molecule has 2 atom stereocenters. The number of fused-ring (bicyclic) bond motifs is 1. The maximum absolute atomic E-state index is 9.38. The number of aliphatic hydroxyl groups is 1. The van der Waals surface area contributed by atoms with Gasteiger partial charge in [0.15, 0.2) is 0 Å². The standard InChI is InChI=1S/C12H17NO/c1-8-6-10-4-3-5-11(7-9(2)14)12(10)13-8/h3-5,8-9,13-14H,6-7H2,1-2H3. The van der Waals surface area contributed by atoms with Gasteiger partial charge in [-0.2, -0.15) is 0 Å². The van der Waals surface area contributed by atoms with Gasteiger partial charge in [0.2, 0.25) is 0 Å². The van der Waals surface area contributed by atoms with Crippen molar-refractivity contribution in [2.45, 2.75) is 38.8 Å². The molecule has 0 fully saturated rings. The van der Waals surface area contributed by atoms with Crippen LogP contribution in [0.25, 0.3) is 0 Å². The lowest BCUT2D eigenvalue weighted by Gasteiger charge is -2.11. The highest BCUT2D eigenvalue weighted by Gasteiger charge is 2.19. The third-order valence-corrected chi connectivity index (χ3v) is 2.67. The average Bonchev–Trinajstić information content (AvgIpc) is 2.45. The first kappa shape index (κ1) is 9.53. The third-order valence-electron chi connectivity index (χ3n) is 2.67. The summed E-state index contributed by atoms with van der Waals surface area (Å²) in [6, 6.07) is 6.87. The number of aliphatic hydroxyl groups excluding tert-OH is 1. The van der Waals surface area contributed by atoms with Crippen molar-refractivity contribution >= 4 is 5.69 Å². The van der Waals surface area contributed by atoms with Crippen LogP contribution in [0.1, 0.15) is 25.0 Å². The van der Waals surface area contributed by atoms with Crippen LogP contribution in [-0.4, -0.2) is 17.3 Å². The van der Waals surface area contributed by atoms with E-state index in [2.05, 4.69) is 30.4 Å². The van der Waals surface area contributed by atoms with Crippen molar-refractivity contribution in [3.05, 3.63) is 29.3 Å². The van der Waals surface area contributed by atoms with Gasteiger partial charge in [-0.1, -0.05) is 18.2 Å². The largest absolute Gasteiger partial charge is 0.393 e. The van der Waals surface area contributed by atoms with Gasteiger partial charge in [0.25, 0.3) is 0 Å². The molecular formula is C12H17NO. The second kappa shape index (κ2) is 3.62. The van der Waals surface area contributed by atoms with E-state index in [4.69, 9.17) is 0 Å². The van der Waals surface area contributed by atoms with Gasteiger partial charge in [-0.15, -0.1) is 0 Å². The summed E-state index contributed by atoms with van der Waals surface area (Å²) in [4.78, 5) is 0. The molecule has 1 heterocycles. The lowest BCUT2D eigenvalue weighted by Crippen LogP contribution is -2.11. The lowest BCUT2D eigenvalue weighted by atomic mass is 10.0. The molecule has 0 aromatic heterocycles. The molecule has 0 amide bonds. The SMILES string of the molecule is CC(O)Cc1cccc2c1NC(C)C2. The molecule has 0 saturated heterocycles. The Morgan fingerprint density at radius 2 is 2.36 bits per heavy atom. The fourth-order valence-electron chi connectivity index (χ4n) is 2.12. The minimum absolute atomic E-state index is 0.265. The van der Waals surface area contributed by atoms with Gasteiger partial charge in [-0.25, -0.2) is 0 Å². The number of para-hydroxylation sites is 1. The molecule has 2 heteroatoms. The van der Waals surface area contributed by atoms with E-state index in [-0.39, 0.29) is 6.10 Å². The third kappa shape index (κ3) is 1.75. The zero-order valence-corrected chi connectivity index (χ0v) is 8.75. The zero-order valence-electron chi connectivity index (χ0n) is 8.75. The number of hydrogen-bond donors (Lipinski definition) is 2. The fraction of sp³-hybridized carbons (Fsp3) is 0.500. The van der Waals surface area contributed by atoms with E-state index in [0.717, 1.165) is 12.8 Å². The number of nitrogens with one attached hydrogen (secondary N) is 1. The Hall–Kier alpha value is -1.02. The van der Waals surface area contributed by atoms with Crippen LogP contribution < -0.4 is 5.32 Å². The molecule has 76 valence electrons. The van der Waals surface area contributed by atoms with E-state index >= 15 is 0 Å². The summed E-state index contributed by atoms with van der Waals surface area (Å²) >= 11 is 0. The van der Waals surface area contributed by atoms with Crippen molar-refractivity contribution in [3.8, 4) is 0 Å².